The Bertz CT molecular complexity index is 2170. The second kappa shape index (κ2) is 15.9. The van der Waals surface area contributed by atoms with Crippen LogP contribution >= 0.6 is 0 Å². The highest BCUT2D eigenvalue weighted by Gasteiger charge is 2.70. The van der Waals surface area contributed by atoms with E-state index in [-0.39, 0.29) is 44.9 Å². The summed E-state index contributed by atoms with van der Waals surface area (Å²) in [6.45, 7) is 20.5. The fourth-order valence-corrected chi connectivity index (χ4v) is 17.4. The molecule has 0 radical (unpaired) electrons. The largest absolute Gasteiger partial charge is 0.481 e. The van der Waals surface area contributed by atoms with Gasteiger partial charge < -0.3 is 20.3 Å². The first-order valence-corrected chi connectivity index (χ1v) is 26.0. The lowest BCUT2D eigenvalue weighted by molar-refractivity contribution is -0.221. The molecule has 1 heterocycles. The van der Waals surface area contributed by atoms with Crippen LogP contribution in [0.1, 0.15) is 156 Å². The smallest absolute Gasteiger partial charge is 0.313 e. The van der Waals surface area contributed by atoms with Crippen LogP contribution in [0.25, 0.3) is 0 Å². The summed E-state index contributed by atoms with van der Waals surface area (Å²) in [5.74, 6) is 2.06. The first-order chi connectivity index (χ1) is 29.1. The number of carbonyl (C=O) groups is 1. The molecule has 62 heavy (non-hydrogen) atoms. The average Bonchev–Trinajstić information content (AvgIpc) is 3.60. The normalized spacial score (nSPS) is 42.4. The highest BCUT2D eigenvalue weighted by Crippen LogP contribution is 2.76. The van der Waals surface area contributed by atoms with Gasteiger partial charge in [-0.25, -0.2) is 13.4 Å². The van der Waals surface area contributed by atoms with Crippen LogP contribution in [0.3, 0.4) is 0 Å². The van der Waals surface area contributed by atoms with E-state index < -0.39 is 26.8 Å². The highest BCUT2D eigenvalue weighted by molar-refractivity contribution is 7.91. The summed E-state index contributed by atoms with van der Waals surface area (Å²) in [4.78, 5) is 17.0. The number of pyridine rings is 1. The van der Waals surface area contributed by atoms with Gasteiger partial charge in [0, 0.05) is 18.0 Å². The van der Waals surface area contributed by atoms with Crippen LogP contribution in [0.2, 0.25) is 0 Å². The van der Waals surface area contributed by atoms with Crippen LogP contribution in [-0.4, -0.2) is 65.4 Å². The molecule has 0 unspecified atom stereocenters. The maximum atomic E-state index is 12.8. The molecular weight excluding hydrogens is 795 g/mol. The van der Waals surface area contributed by atoms with Crippen molar-refractivity contribution >= 4 is 15.8 Å². The number of nitriles is 1. The number of carboxylic acid groups (broad SMARTS) is 1. The van der Waals surface area contributed by atoms with Crippen molar-refractivity contribution < 1.29 is 28.2 Å². The van der Waals surface area contributed by atoms with Crippen molar-refractivity contribution in [2.45, 2.75) is 167 Å². The lowest BCUT2D eigenvalue weighted by Crippen LogP contribution is -2.68. The van der Waals surface area contributed by atoms with Crippen molar-refractivity contribution in [3.63, 3.8) is 0 Å². The van der Waals surface area contributed by atoms with E-state index in [1.54, 1.807) is 18.3 Å². The van der Waals surface area contributed by atoms with Gasteiger partial charge in [0.15, 0.2) is 0 Å². The second-order valence-corrected chi connectivity index (χ2v) is 25.4. The molecular formula is C52H75N3O6S. The lowest BCUT2D eigenvalue weighted by atomic mass is 9.33. The zero-order chi connectivity index (χ0) is 44.7. The van der Waals surface area contributed by atoms with Gasteiger partial charge in [-0.2, -0.15) is 5.26 Å². The molecule has 340 valence electrons. The number of aromatic nitrogens is 1. The predicted octanol–water partition coefficient (Wildman–Crippen LogP) is 10.2. The molecule has 0 amide bonds. The van der Waals surface area contributed by atoms with Gasteiger partial charge in [-0.05, 0) is 197 Å². The minimum Gasteiger partial charge on any atom is -0.481 e. The summed E-state index contributed by atoms with van der Waals surface area (Å²) in [5, 5.41) is 35.5. The number of carboxylic acids is 1. The molecule has 1 aromatic heterocycles. The van der Waals surface area contributed by atoms with Crippen LogP contribution in [0, 0.1) is 68.0 Å². The van der Waals surface area contributed by atoms with E-state index >= 15 is 0 Å². The average molecular weight is 870 g/mol. The molecule has 9 nitrogen and oxygen atoms in total. The number of rotatable bonds is 11. The summed E-state index contributed by atoms with van der Waals surface area (Å²) < 4.78 is 30.4. The van der Waals surface area contributed by atoms with Crippen LogP contribution in [-0.2, 0) is 14.6 Å². The third-order valence-electron chi connectivity index (χ3n) is 20.0. The molecule has 0 spiro atoms. The molecule has 10 heteroatoms. The molecule has 7 aliphatic rings. The lowest BCUT2D eigenvalue weighted by Gasteiger charge is -2.72. The van der Waals surface area contributed by atoms with E-state index in [1.165, 1.54) is 61.5 Å². The first kappa shape index (κ1) is 45.6. The van der Waals surface area contributed by atoms with E-state index in [4.69, 9.17) is 4.74 Å². The van der Waals surface area contributed by atoms with Crippen LogP contribution < -0.4 is 10.1 Å². The minimum atomic E-state index is -3.08. The van der Waals surface area contributed by atoms with Crippen LogP contribution in [0.4, 0.5) is 0 Å². The summed E-state index contributed by atoms with van der Waals surface area (Å²) >= 11 is 0. The molecule has 5 saturated carbocycles. The number of fused-ring (bicyclic) bond motifs is 7. The second-order valence-electron chi connectivity index (χ2n) is 23.1. The van der Waals surface area contributed by atoms with Gasteiger partial charge in [-0.1, -0.05) is 58.9 Å². The van der Waals surface area contributed by atoms with E-state index in [1.807, 2.05) is 0 Å². The monoisotopic (exact) mass is 870 g/mol. The van der Waals surface area contributed by atoms with Gasteiger partial charge in [0.05, 0.1) is 10.9 Å². The molecule has 5 fully saturated rings. The van der Waals surface area contributed by atoms with Crippen LogP contribution in [0.5, 0.6) is 5.88 Å². The minimum absolute atomic E-state index is 0.0230. The Morgan fingerprint density at radius 3 is 2.34 bits per heavy atom. The number of ether oxygens (including phenoxy) is 1. The molecule has 0 bridgehead atoms. The molecule has 1 aromatic rings. The quantitative estimate of drug-likeness (QED) is 0.185. The topological polar surface area (TPSA) is 150 Å². The number of hydrogen-bond acceptors (Lipinski definition) is 8. The zero-order valence-corrected chi connectivity index (χ0v) is 39.6. The Morgan fingerprint density at radius 2 is 1.69 bits per heavy atom. The SMILES string of the molecule is C=C(C)[C@@H]1CC[C@]2(NCC[C@]3(O)CC[C@@H](S(C)(=O)=O)CC3)CC[C@]3(C)[C@H](CC[C@@H]4[C@@]5(C)CC=C(C6=CC[C@@](COc7ncccc7C#N)(C(=O)O)CC6)C(C)(C)[C@@H]5CC[C@]43C)[C@@H]12. The van der Waals surface area contributed by atoms with Gasteiger partial charge in [0.2, 0.25) is 5.88 Å². The molecule has 0 saturated heterocycles. The number of aliphatic hydroxyl groups is 1. The number of nitrogens with one attached hydrogen (secondary N) is 1. The summed E-state index contributed by atoms with van der Waals surface area (Å²) in [7, 11) is -3.08. The van der Waals surface area contributed by atoms with Gasteiger partial charge in [0.25, 0.3) is 0 Å². The van der Waals surface area contributed by atoms with Gasteiger partial charge in [-0.3, -0.25) is 4.79 Å². The van der Waals surface area contributed by atoms with E-state index in [0.717, 1.165) is 25.8 Å². The van der Waals surface area contributed by atoms with Crippen molar-refractivity contribution in [2.75, 3.05) is 19.4 Å². The molecule has 3 N–H and O–H groups in total. The third-order valence-corrected chi connectivity index (χ3v) is 21.7. The number of aliphatic carboxylic acids is 1. The fraction of sp³-hybridized carbons (Fsp3) is 0.750. The third kappa shape index (κ3) is 7.25. The van der Waals surface area contributed by atoms with E-state index in [0.29, 0.717) is 86.5 Å². The summed E-state index contributed by atoms with van der Waals surface area (Å²) in [5.41, 5.74) is 3.02. The zero-order valence-electron chi connectivity index (χ0n) is 38.8. The molecule has 8 rings (SSSR count). The first-order valence-electron chi connectivity index (χ1n) is 24.0. The Labute approximate surface area is 372 Å². The number of sulfone groups is 1. The van der Waals surface area contributed by atoms with Crippen molar-refractivity contribution in [3.05, 3.63) is 59.3 Å². The molecule has 0 aliphatic heterocycles. The van der Waals surface area contributed by atoms with Crippen molar-refractivity contribution in [1.82, 2.24) is 10.3 Å². The number of hydrogen-bond donors (Lipinski definition) is 3. The Kier molecular flexibility index (Phi) is 11.7. The van der Waals surface area contributed by atoms with Crippen molar-refractivity contribution in [3.8, 4) is 11.9 Å². The fourth-order valence-electron chi connectivity index (χ4n) is 16.3. The van der Waals surface area contributed by atoms with Crippen LogP contribution in [0.15, 0.2) is 53.8 Å². The standard InChI is InChI=1S/C52H75N3O6S/c1-34(2)38-17-26-52(55-31-29-51(58)24-15-37(16-25-51)62(8,59)60)28-27-48(6)40(43(38)52)11-12-42-47(5)20-18-39(46(3,4)41(47)19-21-49(42,48)7)35-13-22-50(23-14-35,45(56)57)33-61-44-36(32-53)10-9-30-54-44/h9-10,13,18,30,37-38,40-43,55,58H,1,11-12,14-17,19-29,31,33H2,2-8H3,(H,56,57)/t37-,38-,40+,41-,42+,43+,47-,48+,49+,50+,51+,52-/m0/s1. The maximum Gasteiger partial charge on any atom is 0.313 e. The van der Waals surface area contributed by atoms with E-state index in [2.05, 4.69) is 76.6 Å². The summed E-state index contributed by atoms with van der Waals surface area (Å²) in [6, 6.07) is 5.42. The van der Waals surface area contributed by atoms with Gasteiger partial charge in [0.1, 0.15) is 33.5 Å². The Hall–Kier alpha value is -3.00. The number of allylic oxidation sites excluding steroid dienone is 5. The van der Waals surface area contributed by atoms with Gasteiger partial charge >= 0.3 is 5.97 Å². The molecule has 10 atom stereocenters. The van der Waals surface area contributed by atoms with Crippen molar-refractivity contribution in [1.29, 1.82) is 5.26 Å². The number of nitrogens with zero attached hydrogens (tertiary/aromatic N) is 2. The Morgan fingerprint density at radius 1 is 0.952 bits per heavy atom. The predicted molar refractivity (Wildman–Crippen MR) is 244 cm³/mol. The molecule has 0 aromatic carbocycles. The summed E-state index contributed by atoms with van der Waals surface area (Å²) in [6.07, 6.45) is 22.7. The highest BCUT2D eigenvalue weighted by atomic mass is 32.2. The Balaban J connectivity index is 0.998. The van der Waals surface area contributed by atoms with Gasteiger partial charge in [-0.15, -0.1) is 0 Å². The molecule has 7 aliphatic carbocycles. The van der Waals surface area contributed by atoms with Crippen molar-refractivity contribution in [2.24, 2.45) is 56.7 Å². The maximum absolute atomic E-state index is 12.8. The van der Waals surface area contributed by atoms with E-state index in [9.17, 15) is 28.7 Å².